The van der Waals surface area contributed by atoms with E-state index in [1.165, 1.54) is 4.90 Å². The third-order valence-electron chi connectivity index (χ3n) is 5.15. The second kappa shape index (κ2) is 7.39. The lowest BCUT2D eigenvalue weighted by atomic mass is 9.91. The van der Waals surface area contributed by atoms with Crippen molar-refractivity contribution in [2.45, 2.75) is 6.04 Å². The quantitative estimate of drug-likeness (QED) is 0.240. The Morgan fingerprint density at radius 2 is 1.80 bits per heavy atom. The monoisotopic (exact) mass is 458 g/mol. The number of hydrogen-bond donors (Lipinski definition) is 0. The summed E-state index contributed by atoms with van der Waals surface area (Å²) >= 11 is 3.53. The Kier molecular flexibility index (Phi) is 4.56. The number of aromatic nitrogens is 1. The van der Waals surface area contributed by atoms with Crippen molar-refractivity contribution < 1.29 is 14.3 Å². The topological polar surface area (TPSA) is 59.5 Å². The molecule has 1 amide bonds. The molecule has 5 rings (SSSR count). The Morgan fingerprint density at radius 1 is 0.933 bits per heavy atom. The fraction of sp³-hybridized carbons (Fsp3) is 0.0417. The summed E-state index contributed by atoms with van der Waals surface area (Å²) in [6.45, 7) is 0. The van der Waals surface area contributed by atoms with Crippen molar-refractivity contribution in [2.24, 2.45) is 0 Å². The minimum Gasteiger partial charge on any atom is -0.419 e. The van der Waals surface area contributed by atoms with Crippen molar-refractivity contribution in [1.82, 2.24) is 4.98 Å². The molecule has 0 radical (unpaired) electrons. The predicted octanol–water partition coefficient (Wildman–Crippen LogP) is 5.04. The summed E-state index contributed by atoms with van der Waals surface area (Å²) in [7, 11) is 0. The molecule has 0 spiro atoms. The number of fused-ring (bicyclic) bond motifs is 3. The van der Waals surface area contributed by atoms with E-state index in [1.54, 1.807) is 30.6 Å². The van der Waals surface area contributed by atoms with Gasteiger partial charge >= 0.3 is 11.9 Å². The molecule has 0 saturated carbocycles. The predicted molar refractivity (Wildman–Crippen MR) is 117 cm³/mol. The number of esters is 1. The van der Waals surface area contributed by atoms with E-state index < -0.39 is 17.9 Å². The van der Waals surface area contributed by atoms with Crippen LogP contribution in [0, 0.1) is 0 Å². The maximum Gasteiger partial charge on any atom is 0.402 e. The van der Waals surface area contributed by atoms with Gasteiger partial charge < -0.3 is 4.74 Å². The van der Waals surface area contributed by atoms with E-state index in [4.69, 9.17) is 4.74 Å². The number of hydrogen-bond acceptors (Lipinski definition) is 4. The maximum atomic E-state index is 13.2. The Bertz CT molecular complexity index is 1290. The number of anilines is 1. The average molecular weight is 459 g/mol. The van der Waals surface area contributed by atoms with Gasteiger partial charge in [0.15, 0.2) is 0 Å². The number of benzene rings is 3. The van der Waals surface area contributed by atoms with E-state index in [-0.39, 0.29) is 0 Å². The van der Waals surface area contributed by atoms with E-state index in [2.05, 4.69) is 20.9 Å². The van der Waals surface area contributed by atoms with Gasteiger partial charge in [-0.1, -0.05) is 58.4 Å². The van der Waals surface area contributed by atoms with Gasteiger partial charge in [-0.15, -0.1) is 0 Å². The highest BCUT2D eigenvalue weighted by molar-refractivity contribution is 9.10. The summed E-state index contributed by atoms with van der Waals surface area (Å²) in [6, 6.07) is 22.1. The van der Waals surface area contributed by atoms with Crippen molar-refractivity contribution in [3.8, 4) is 5.75 Å². The molecule has 2 heterocycles. The fourth-order valence-electron chi connectivity index (χ4n) is 3.89. The first-order valence-corrected chi connectivity index (χ1v) is 10.2. The van der Waals surface area contributed by atoms with Gasteiger partial charge in [0.25, 0.3) is 0 Å². The smallest absolute Gasteiger partial charge is 0.402 e. The molecule has 6 heteroatoms. The molecule has 1 aliphatic rings. The van der Waals surface area contributed by atoms with E-state index in [0.717, 1.165) is 26.4 Å². The standard InChI is InChI=1S/C24H15BrN2O3/c25-17-7-3-6-16(13-17)22-21-19-9-2-1-5-15(19)10-11-20(21)30-24(29)23(28)27(22)18-8-4-12-26-14-18/h1-14,22H. The normalized spacial score (nSPS) is 16.2. The van der Waals surface area contributed by atoms with Gasteiger partial charge in [0.2, 0.25) is 0 Å². The lowest BCUT2D eigenvalue weighted by Gasteiger charge is -2.30. The van der Waals surface area contributed by atoms with Gasteiger partial charge in [-0.2, -0.15) is 0 Å². The van der Waals surface area contributed by atoms with Crippen LogP contribution in [-0.2, 0) is 9.59 Å². The minimum atomic E-state index is -0.923. The number of amides is 1. The van der Waals surface area contributed by atoms with Crippen LogP contribution in [-0.4, -0.2) is 16.9 Å². The summed E-state index contributed by atoms with van der Waals surface area (Å²) in [6.07, 6.45) is 3.20. The summed E-state index contributed by atoms with van der Waals surface area (Å²) in [5.41, 5.74) is 2.12. The molecule has 1 aromatic heterocycles. The Balaban J connectivity index is 1.88. The van der Waals surface area contributed by atoms with E-state index in [1.807, 2.05) is 54.6 Å². The second-order valence-corrected chi connectivity index (χ2v) is 7.85. The van der Waals surface area contributed by atoms with Crippen molar-refractivity contribution in [2.75, 3.05) is 4.90 Å². The molecule has 4 aromatic rings. The van der Waals surface area contributed by atoms with Crippen LogP contribution in [0.15, 0.2) is 89.7 Å². The Labute approximate surface area is 181 Å². The highest BCUT2D eigenvalue weighted by Gasteiger charge is 2.39. The Hall–Kier alpha value is -3.51. The molecule has 0 saturated heterocycles. The summed E-state index contributed by atoms with van der Waals surface area (Å²) < 4.78 is 6.42. The molecule has 146 valence electrons. The van der Waals surface area contributed by atoms with Crippen LogP contribution in [0.1, 0.15) is 17.2 Å². The summed E-state index contributed by atoms with van der Waals surface area (Å²) in [5, 5.41) is 1.91. The number of pyridine rings is 1. The van der Waals surface area contributed by atoms with E-state index in [0.29, 0.717) is 11.4 Å². The van der Waals surface area contributed by atoms with Crippen LogP contribution in [0.5, 0.6) is 5.75 Å². The zero-order valence-electron chi connectivity index (χ0n) is 15.7. The highest BCUT2D eigenvalue weighted by atomic mass is 79.9. The maximum absolute atomic E-state index is 13.2. The summed E-state index contributed by atoms with van der Waals surface area (Å²) in [5.74, 6) is -1.29. The average Bonchev–Trinajstić information content (AvgIpc) is 2.88. The number of carbonyl (C=O) groups excluding carboxylic acids is 2. The van der Waals surface area contributed by atoms with Crippen LogP contribution >= 0.6 is 15.9 Å². The van der Waals surface area contributed by atoms with Gasteiger partial charge in [0.05, 0.1) is 17.9 Å². The van der Waals surface area contributed by atoms with E-state index in [9.17, 15) is 9.59 Å². The Morgan fingerprint density at radius 3 is 2.60 bits per heavy atom. The molecule has 1 atom stereocenters. The first kappa shape index (κ1) is 18.5. The molecule has 5 nitrogen and oxygen atoms in total. The van der Waals surface area contributed by atoms with E-state index >= 15 is 0 Å². The van der Waals surface area contributed by atoms with Crippen LogP contribution < -0.4 is 9.64 Å². The molecule has 30 heavy (non-hydrogen) atoms. The van der Waals surface area contributed by atoms with Gasteiger partial charge in [-0.05, 0) is 46.7 Å². The highest BCUT2D eigenvalue weighted by Crippen LogP contribution is 2.43. The van der Waals surface area contributed by atoms with Gasteiger partial charge in [-0.25, -0.2) is 4.79 Å². The third-order valence-corrected chi connectivity index (χ3v) is 5.64. The molecule has 0 bridgehead atoms. The van der Waals surface area contributed by atoms with Gasteiger partial charge in [-0.3, -0.25) is 14.7 Å². The van der Waals surface area contributed by atoms with Crippen LogP contribution in [0.3, 0.4) is 0 Å². The van der Waals surface area contributed by atoms with Crippen molar-refractivity contribution in [3.63, 3.8) is 0 Å². The molecule has 3 aromatic carbocycles. The molecule has 0 N–H and O–H groups in total. The van der Waals surface area contributed by atoms with Gasteiger partial charge in [0.1, 0.15) is 5.75 Å². The zero-order chi connectivity index (χ0) is 20.7. The molecule has 1 aliphatic heterocycles. The lowest BCUT2D eigenvalue weighted by Crippen LogP contribution is -2.39. The molecule has 1 unspecified atom stereocenters. The first-order chi connectivity index (χ1) is 14.6. The largest absolute Gasteiger partial charge is 0.419 e. The van der Waals surface area contributed by atoms with Crippen LogP contribution in [0.2, 0.25) is 0 Å². The van der Waals surface area contributed by atoms with Crippen LogP contribution in [0.4, 0.5) is 5.69 Å². The molecule has 0 fully saturated rings. The molecular weight excluding hydrogens is 444 g/mol. The van der Waals surface area contributed by atoms with Crippen LogP contribution in [0.25, 0.3) is 10.8 Å². The molecular formula is C24H15BrN2O3. The van der Waals surface area contributed by atoms with Gasteiger partial charge in [0, 0.05) is 16.2 Å². The number of ether oxygens (including phenoxy) is 1. The first-order valence-electron chi connectivity index (χ1n) is 9.36. The number of carbonyl (C=O) groups is 2. The number of nitrogens with zero attached hydrogens (tertiary/aromatic N) is 2. The molecule has 0 aliphatic carbocycles. The minimum absolute atomic E-state index is 0.378. The summed E-state index contributed by atoms with van der Waals surface area (Å²) in [4.78, 5) is 31.6. The fourth-order valence-corrected chi connectivity index (χ4v) is 4.31. The van der Waals surface area contributed by atoms with Crippen molar-refractivity contribution >= 4 is 44.3 Å². The zero-order valence-corrected chi connectivity index (χ0v) is 17.2. The van der Waals surface area contributed by atoms with Crippen molar-refractivity contribution in [3.05, 3.63) is 101 Å². The second-order valence-electron chi connectivity index (χ2n) is 6.93. The van der Waals surface area contributed by atoms with Crippen molar-refractivity contribution in [1.29, 1.82) is 0 Å². The number of rotatable bonds is 2. The SMILES string of the molecule is O=C1Oc2ccc3ccccc3c2C(c2cccc(Br)c2)N(c2cccnc2)C1=O. The number of halogens is 1. The lowest BCUT2D eigenvalue weighted by molar-refractivity contribution is -0.146. The third kappa shape index (κ3) is 3.06.